The highest BCUT2D eigenvalue weighted by Crippen LogP contribution is 2.50. The van der Waals surface area contributed by atoms with Gasteiger partial charge in [0.2, 0.25) is 0 Å². The number of hydrogen-bond donors (Lipinski definition) is 2. The second-order valence-electron chi connectivity index (χ2n) is 7.83. The Labute approximate surface area is 192 Å². The molecule has 0 atom stereocenters. The third-order valence-electron chi connectivity index (χ3n) is 5.86. The third kappa shape index (κ3) is 2.95. The molecular weight excluding hydrogens is 456 g/mol. The molecule has 0 radical (unpaired) electrons. The van der Waals surface area contributed by atoms with Crippen molar-refractivity contribution in [2.75, 3.05) is 0 Å². The van der Waals surface area contributed by atoms with Crippen LogP contribution in [0.3, 0.4) is 0 Å². The standard InChI is InChI=1S/C25H14N2O6S/c28-24-17-6-2-1-5-16(17)21-20-13(4-3-7-18(20)24)12-19-22(21)23(25(29)33-19)27-26-14-8-10-15(11-9-14)34(30,31)32/h1-12,29H,(H,30,31,32). The maximum atomic E-state index is 13.2. The quantitative estimate of drug-likeness (QED) is 0.235. The van der Waals surface area contributed by atoms with Crippen molar-refractivity contribution in [3.63, 3.8) is 0 Å². The zero-order chi connectivity index (χ0) is 23.6. The summed E-state index contributed by atoms with van der Waals surface area (Å²) in [7, 11) is -4.33. The van der Waals surface area contributed by atoms with E-state index in [2.05, 4.69) is 10.2 Å². The van der Waals surface area contributed by atoms with Gasteiger partial charge in [-0.2, -0.15) is 13.5 Å². The molecule has 1 aliphatic carbocycles. The van der Waals surface area contributed by atoms with Gasteiger partial charge in [-0.3, -0.25) is 9.35 Å². The molecule has 1 aromatic heterocycles. The highest BCUT2D eigenvalue weighted by atomic mass is 32.2. The molecule has 0 bridgehead atoms. The molecule has 166 valence electrons. The lowest BCUT2D eigenvalue weighted by molar-refractivity contribution is 0.104. The van der Waals surface area contributed by atoms with Crippen LogP contribution >= 0.6 is 0 Å². The summed E-state index contributed by atoms with van der Waals surface area (Å²) >= 11 is 0. The summed E-state index contributed by atoms with van der Waals surface area (Å²) in [6.07, 6.45) is 0. The second-order valence-corrected chi connectivity index (χ2v) is 9.25. The van der Waals surface area contributed by atoms with Gasteiger partial charge in [0.1, 0.15) is 5.58 Å². The van der Waals surface area contributed by atoms with Gasteiger partial charge in [0.25, 0.3) is 10.1 Å². The van der Waals surface area contributed by atoms with E-state index in [0.717, 1.165) is 16.3 Å². The normalized spacial score (nSPS) is 13.1. The molecular formula is C25H14N2O6S. The number of benzene rings is 4. The number of azo groups is 1. The van der Waals surface area contributed by atoms with E-state index >= 15 is 0 Å². The Balaban J connectivity index is 1.61. The smallest absolute Gasteiger partial charge is 0.312 e. The van der Waals surface area contributed by atoms with Crippen LogP contribution in [0.15, 0.2) is 92.3 Å². The Bertz CT molecular complexity index is 1800. The average molecular weight is 470 g/mol. The molecule has 2 N–H and O–H groups in total. The Morgan fingerprint density at radius 1 is 0.794 bits per heavy atom. The van der Waals surface area contributed by atoms with E-state index < -0.39 is 16.1 Å². The number of fused-ring (bicyclic) bond motifs is 4. The first kappa shape index (κ1) is 20.3. The van der Waals surface area contributed by atoms with Gasteiger partial charge in [-0.1, -0.05) is 42.5 Å². The van der Waals surface area contributed by atoms with Crippen LogP contribution in [0.4, 0.5) is 11.4 Å². The molecule has 0 saturated heterocycles. The lowest BCUT2D eigenvalue weighted by Crippen LogP contribution is -2.09. The van der Waals surface area contributed by atoms with E-state index in [0.29, 0.717) is 33.3 Å². The minimum Gasteiger partial charge on any atom is -0.479 e. The van der Waals surface area contributed by atoms with Gasteiger partial charge in [0.05, 0.1) is 16.0 Å². The lowest BCUT2D eigenvalue weighted by atomic mass is 9.81. The van der Waals surface area contributed by atoms with Crippen molar-refractivity contribution in [2.24, 2.45) is 10.2 Å². The van der Waals surface area contributed by atoms with Gasteiger partial charge in [-0.25, -0.2) is 0 Å². The van der Waals surface area contributed by atoms with E-state index in [1.54, 1.807) is 30.3 Å². The molecule has 1 heterocycles. The van der Waals surface area contributed by atoms with Crippen LogP contribution in [-0.2, 0) is 10.1 Å². The minimum atomic E-state index is -4.33. The molecule has 4 aromatic carbocycles. The molecule has 0 amide bonds. The number of aromatic hydroxyl groups is 1. The molecule has 34 heavy (non-hydrogen) atoms. The Hall–Kier alpha value is -4.34. The molecule has 1 aliphatic rings. The van der Waals surface area contributed by atoms with Crippen molar-refractivity contribution in [2.45, 2.75) is 4.90 Å². The van der Waals surface area contributed by atoms with Crippen molar-refractivity contribution in [1.82, 2.24) is 0 Å². The summed E-state index contributed by atoms with van der Waals surface area (Å²) in [6.45, 7) is 0. The van der Waals surface area contributed by atoms with Crippen LogP contribution < -0.4 is 0 Å². The number of hydrogen-bond acceptors (Lipinski definition) is 7. The fourth-order valence-corrected chi connectivity index (χ4v) is 4.87. The molecule has 0 saturated carbocycles. The van der Waals surface area contributed by atoms with Crippen LogP contribution in [0.1, 0.15) is 15.9 Å². The summed E-state index contributed by atoms with van der Waals surface area (Å²) < 4.78 is 37.2. The number of carbonyl (C=O) groups excluding carboxylic acids is 1. The van der Waals surface area contributed by atoms with Crippen molar-refractivity contribution in [3.05, 3.63) is 83.9 Å². The fourth-order valence-electron chi connectivity index (χ4n) is 4.39. The van der Waals surface area contributed by atoms with Crippen LogP contribution in [0, 0.1) is 0 Å². The number of ketones is 1. The molecule has 5 aromatic rings. The highest BCUT2D eigenvalue weighted by Gasteiger charge is 2.30. The zero-order valence-corrected chi connectivity index (χ0v) is 18.1. The maximum absolute atomic E-state index is 13.2. The van der Waals surface area contributed by atoms with E-state index in [1.807, 2.05) is 18.2 Å². The first-order chi connectivity index (χ1) is 16.3. The summed E-state index contributed by atoms with van der Waals surface area (Å²) in [5.41, 5.74) is 3.29. The second kappa shape index (κ2) is 7.08. The average Bonchev–Trinajstić information content (AvgIpc) is 3.14. The van der Waals surface area contributed by atoms with Gasteiger partial charge in [-0.15, -0.1) is 5.11 Å². The summed E-state index contributed by atoms with van der Waals surface area (Å²) in [5, 5.41) is 20.9. The maximum Gasteiger partial charge on any atom is 0.312 e. The van der Waals surface area contributed by atoms with E-state index in [9.17, 15) is 18.3 Å². The molecule has 6 rings (SSSR count). The van der Waals surface area contributed by atoms with Crippen molar-refractivity contribution in [1.29, 1.82) is 0 Å². The zero-order valence-electron chi connectivity index (χ0n) is 17.3. The predicted molar refractivity (Wildman–Crippen MR) is 125 cm³/mol. The van der Waals surface area contributed by atoms with Crippen molar-refractivity contribution < 1.29 is 27.3 Å². The molecule has 0 unspecified atom stereocenters. The summed E-state index contributed by atoms with van der Waals surface area (Å²) in [6, 6.07) is 19.6. The largest absolute Gasteiger partial charge is 0.479 e. The molecule has 0 fully saturated rings. The highest BCUT2D eigenvalue weighted by molar-refractivity contribution is 7.85. The molecule has 0 aliphatic heterocycles. The summed E-state index contributed by atoms with van der Waals surface area (Å²) in [4.78, 5) is 12.9. The number of furan rings is 1. The monoisotopic (exact) mass is 470 g/mol. The van der Waals surface area contributed by atoms with E-state index in [-0.39, 0.29) is 16.4 Å². The van der Waals surface area contributed by atoms with Crippen LogP contribution in [0.2, 0.25) is 0 Å². The van der Waals surface area contributed by atoms with Gasteiger partial charge >= 0.3 is 5.95 Å². The third-order valence-corrected chi connectivity index (χ3v) is 6.73. The van der Waals surface area contributed by atoms with Crippen molar-refractivity contribution >= 4 is 49.0 Å². The molecule has 8 nitrogen and oxygen atoms in total. The van der Waals surface area contributed by atoms with Gasteiger partial charge < -0.3 is 9.52 Å². The number of nitrogens with zero attached hydrogens (tertiary/aromatic N) is 2. The Kier molecular flexibility index (Phi) is 4.22. The first-order valence-electron chi connectivity index (χ1n) is 10.2. The predicted octanol–water partition coefficient (Wildman–Crippen LogP) is 6.17. The molecule has 9 heteroatoms. The topological polar surface area (TPSA) is 130 Å². The van der Waals surface area contributed by atoms with E-state index in [4.69, 9.17) is 8.97 Å². The SMILES string of the molecule is O=C1c2ccccc2-c2c3c1cccc3cc1oc(O)c(N=Nc3ccc(S(=O)(=O)O)cc3)c21. The molecule has 0 spiro atoms. The lowest BCUT2D eigenvalue weighted by Gasteiger charge is -2.20. The number of carbonyl (C=O) groups is 1. The van der Waals surface area contributed by atoms with Gasteiger partial charge in [0, 0.05) is 22.1 Å². The Morgan fingerprint density at radius 3 is 2.24 bits per heavy atom. The number of rotatable bonds is 3. The van der Waals surface area contributed by atoms with Gasteiger partial charge in [0.15, 0.2) is 11.5 Å². The summed E-state index contributed by atoms with van der Waals surface area (Å²) in [5.74, 6) is -0.515. The Morgan fingerprint density at radius 2 is 1.50 bits per heavy atom. The van der Waals surface area contributed by atoms with E-state index in [1.165, 1.54) is 24.3 Å². The minimum absolute atomic E-state index is 0.0807. The van der Waals surface area contributed by atoms with Gasteiger partial charge in [-0.05, 0) is 41.3 Å². The van der Waals surface area contributed by atoms with Crippen LogP contribution in [0.25, 0.3) is 32.9 Å². The van der Waals surface area contributed by atoms with Crippen LogP contribution in [0.5, 0.6) is 5.95 Å². The fraction of sp³-hybridized carbons (Fsp3) is 0. The van der Waals surface area contributed by atoms with Crippen LogP contribution in [-0.4, -0.2) is 23.9 Å². The first-order valence-corrected chi connectivity index (χ1v) is 11.6. The van der Waals surface area contributed by atoms with Crippen molar-refractivity contribution in [3.8, 4) is 17.1 Å².